The number of hydrogen-bond acceptors (Lipinski definition) is 2. The van der Waals surface area contributed by atoms with Gasteiger partial charge in [0.15, 0.2) is 0 Å². The Bertz CT molecular complexity index is 699. The third-order valence-electron chi connectivity index (χ3n) is 3.53. The highest BCUT2D eigenvalue weighted by molar-refractivity contribution is 5.85. The molecule has 3 nitrogen and oxygen atoms in total. The first kappa shape index (κ1) is 13.4. The SMILES string of the molecule is O=C(O)/C=C/c1cc(F)cc(N2Cc3ccccc3C2)c1. The van der Waals surface area contributed by atoms with E-state index >= 15 is 0 Å². The van der Waals surface area contributed by atoms with E-state index in [-0.39, 0.29) is 5.82 Å². The van der Waals surface area contributed by atoms with Crippen LogP contribution in [0.15, 0.2) is 48.5 Å². The van der Waals surface area contributed by atoms with Crippen LogP contribution in [0.4, 0.5) is 10.1 Å². The fraction of sp³-hybridized carbons (Fsp3) is 0.118. The molecule has 0 aliphatic carbocycles. The number of benzene rings is 2. The summed E-state index contributed by atoms with van der Waals surface area (Å²) in [6.07, 6.45) is 2.41. The number of fused-ring (bicyclic) bond motifs is 1. The quantitative estimate of drug-likeness (QED) is 0.877. The zero-order valence-corrected chi connectivity index (χ0v) is 11.3. The van der Waals surface area contributed by atoms with Gasteiger partial charge in [-0.1, -0.05) is 24.3 Å². The molecule has 1 N–H and O–H groups in total. The van der Waals surface area contributed by atoms with E-state index in [0.29, 0.717) is 5.56 Å². The minimum Gasteiger partial charge on any atom is -0.478 e. The number of nitrogens with zero attached hydrogens (tertiary/aromatic N) is 1. The molecule has 0 aromatic heterocycles. The number of carboxylic acid groups (broad SMARTS) is 1. The standard InChI is InChI=1S/C17H14FNO2/c18-15-7-12(5-6-17(20)21)8-16(9-15)19-10-13-3-1-2-4-14(13)11-19/h1-9H,10-11H2,(H,20,21)/b6-5+. The second-order valence-electron chi connectivity index (χ2n) is 5.04. The summed E-state index contributed by atoms with van der Waals surface area (Å²) in [6, 6.07) is 12.7. The Morgan fingerprint density at radius 1 is 1.14 bits per heavy atom. The van der Waals surface area contributed by atoms with Crippen LogP contribution in [0.1, 0.15) is 16.7 Å². The minimum absolute atomic E-state index is 0.367. The third-order valence-corrected chi connectivity index (χ3v) is 3.53. The van der Waals surface area contributed by atoms with Crippen LogP contribution in [0.2, 0.25) is 0 Å². The van der Waals surface area contributed by atoms with Gasteiger partial charge in [-0.25, -0.2) is 9.18 Å². The van der Waals surface area contributed by atoms with Gasteiger partial charge in [-0.3, -0.25) is 0 Å². The van der Waals surface area contributed by atoms with Crippen molar-refractivity contribution in [3.63, 3.8) is 0 Å². The van der Waals surface area contributed by atoms with E-state index in [2.05, 4.69) is 17.0 Å². The van der Waals surface area contributed by atoms with Crippen LogP contribution in [0.25, 0.3) is 6.08 Å². The number of hydrogen-bond donors (Lipinski definition) is 1. The van der Waals surface area contributed by atoms with Gasteiger partial charge in [0.25, 0.3) is 0 Å². The van der Waals surface area contributed by atoms with E-state index in [1.807, 2.05) is 12.1 Å². The largest absolute Gasteiger partial charge is 0.478 e. The van der Waals surface area contributed by atoms with Crippen molar-refractivity contribution < 1.29 is 14.3 Å². The molecule has 0 unspecified atom stereocenters. The molecule has 1 aliphatic heterocycles. The molecule has 2 aromatic carbocycles. The van der Waals surface area contributed by atoms with E-state index in [1.54, 1.807) is 6.07 Å². The molecule has 0 atom stereocenters. The van der Waals surface area contributed by atoms with Gasteiger partial charge in [0, 0.05) is 24.9 Å². The van der Waals surface area contributed by atoms with E-state index < -0.39 is 5.97 Å². The third kappa shape index (κ3) is 2.94. The fourth-order valence-corrected chi connectivity index (χ4v) is 2.56. The average Bonchev–Trinajstić information content (AvgIpc) is 2.88. The first-order chi connectivity index (χ1) is 10.1. The van der Waals surface area contributed by atoms with Crippen LogP contribution >= 0.6 is 0 Å². The maximum Gasteiger partial charge on any atom is 0.328 e. The molecule has 0 amide bonds. The van der Waals surface area contributed by atoms with Gasteiger partial charge in [-0.15, -0.1) is 0 Å². The second kappa shape index (κ2) is 5.40. The molecule has 1 heterocycles. The predicted molar refractivity (Wildman–Crippen MR) is 79.4 cm³/mol. The zero-order chi connectivity index (χ0) is 14.8. The van der Waals surface area contributed by atoms with E-state index in [1.165, 1.54) is 29.3 Å². The van der Waals surface area contributed by atoms with Crippen molar-refractivity contribution in [1.29, 1.82) is 0 Å². The summed E-state index contributed by atoms with van der Waals surface area (Å²) in [7, 11) is 0. The van der Waals surface area contributed by atoms with Gasteiger partial charge in [-0.2, -0.15) is 0 Å². The van der Waals surface area contributed by atoms with Gasteiger partial charge in [0.05, 0.1) is 0 Å². The van der Waals surface area contributed by atoms with Gasteiger partial charge < -0.3 is 10.0 Å². The number of carbonyl (C=O) groups is 1. The number of rotatable bonds is 3. The van der Waals surface area contributed by atoms with Crippen LogP contribution in [0, 0.1) is 5.82 Å². The van der Waals surface area contributed by atoms with Crippen molar-refractivity contribution in [3.8, 4) is 0 Å². The first-order valence-corrected chi connectivity index (χ1v) is 6.65. The smallest absolute Gasteiger partial charge is 0.328 e. The van der Waals surface area contributed by atoms with Gasteiger partial charge >= 0.3 is 5.97 Å². The Morgan fingerprint density at radius 2 is 1.81 bits per heavy atom. The Labute approximate surface area is 121 Å². The van der Waals surface area contributed by atoms with Crippen molar-refractivity contribution in [1.82, 2.24) is 0 Å². The van der Waals surface area contributed by atoms with Gasteiger partial charge in [0.1, 0.15) is 5.82 Å². The maximum atomic E-state index is 13.7. The van der Waals surface area contributed by atoms with Crippen molar-refractivity contribution in [2.45, 2.75) is 13.1 Å². The maximum absolute atomic E-state index is 13.7. The molecule has 4 heteroatoms. The predicted octanol–water partition coefficient (Wildman–Crippen LogP) is 3.44. The molecular formula is C17H14FNO2. The molecular weight excluding hydrogens is 269 g/mol. The molecule has 0 spiro atoms. The van der Waals surface area contributed by atoms with Crippen molar-refractivity contribution in [2.75, 3.05) is 4.90 Å². The molecule has 0 saturated carbocycles. The molecule has 0 radical (unpaired) electrons. The zero-order valence-electron chi connectivity index (χ0n) is 11.3. The molecule has 2 aromatic rings. The number of anilines is 1. The van der Waals surface area contributed by atoms with Gasteiger partial charge in [0.2, 0.25) is 0 Å². The first-order valence-electron chi connectivity index (χ1n) is 6.65. The summed E-state index contributed by atoms with van der Waals surface area (Å²) in [4.78, 5) is 12.6. The Kier molecular flexibility index (Phi) is 3.44. The minimum atomic E-state index is -1.05. The number of carboxylic acids is 1. The fourth-order valence-electron chi connectivity index (χ4n) is 2.56. The summed E-state index contributed by atoms with van der Waals surface area (Å²) < 4.78 is 13.7. The van der Waals surface area contributed by atoms with E-state index in [4.69, 9.17) is 5.11 Å². The molecule has 0 saturated heterocycles. The lowest BCUT2D eigenvalue weighted by molar-refractivity contribution is -0.131. The van der Waals surface area contributed by atoms with Crippen LogP contribution in [-0.2, 0) is 17.9 Å². The summed E-state index contributed by atoms with van der Waals surface area (Å²) in [6.45, 7) is 1.48. The summed E-state index contributed by atoms with van der Waals surface area (Å²) in [5.41, 5.74) is 3.79. The Hall–Kier alpha value is -2.62. The highest BCUT2D eigenvalue weighted by Crippen LogP contribution is 2.29. The Morgan fingerprint density at radius 3 is 2.43 bits per heavy atom. The molecule has 1 aliphatic rings. The average molecular weight is 283 g/mol. The van der Waals surface area contributed by atoms with Crippen LogP contribution < -0.4 is 4.90 Å². The van der Waals surface area contributed by atoms with Crippen LogP contribution in [-0.4, -0.2) is 11.1 Å². The topological polar surface area (TPSA) is 40.5 Å². The molecule has 21 heavy (non-hydrogen) atoms. The second-order valence-corrected chi connectivity index (χ2v) is 5.04. The molecule has 0 bridgehead atoms. The molecule has 106 valence electrons. The Balaban J connectivity index is 1.88. The monoisotopic (exact) mass is 283 g/mol. The van der Waals surface area contributed by atoms with E-state index in [9.17, 15) is 9.18 Å². The highest BCUT2D eigenvalue weighted by atomic mass is 19.1. The summed E-state index contributed by atoms with van der Waals surface area (Å²) >= 11 is 0. The number of halogens is 1. The molecule has 3 rings (SSSR count). The van der Waals surface area contributed by atoms with Crippen molar-refractivity contribution >= 4 is 17.7 Å². The highest BCUT2D eigenvalue weighted by Gasteiger charge is 2.19. The normalized spacial score (nSPS) is 13.7. The van der Waals surface area contributed by atoms with Crippen molar-refractivity contribution in [3.05, 3.63) is 71.0 Å². The summed E-state index contributed by atoms with van der Waals surface area (Å²) in [5, 5.41) is 8.65. The molecule has 0 fully saturated rings. The lowest BCUT2D eigenvalue weighted by Crippen LogP contribution is -2.14. The van der Waals surface area contributed by atoms with Crippen molar-refractivity contribution in [2.24, 2.45) is 0 Å². The van der Waals surface area contributed by atoms with Gasteiger partial charge in [-0.05, 0) is 41.0 Å². The van der Waals surface area contributed by atoms with Crippen LogP contribution in [0.5, 0.6) is 0 Å². The van der Waals surface area contributed by atoms with E-state index in [0.717, 1.165) is 24.9 Å². The summed E-state index contributed by atoms with van der Waals surface area (Å²) in [5.74, 6) is -1.41. The number of aliphatic carboxylic acids is 1. The lowest BCUT2D eigenvalue weighted by atomic mass is 10.1. The van der Waals surface area contributed by atoms with Crippen LogP contribution in [0.3, 0.4) is 0 Å². The lowest BCUT2D eigenvalue weighted by Gasteiger charge is -2.18.